The molecule has 1 aromatic carbocycles. The van der Waals surface area contributed by atoms with E-state index in [0.29, 0.717) is 12.2 Å². The summed E-state index contributed by atoms with van der Waals surface area (Å²) >= 11 is 0. The molecule has 0 bridgehead atoms. The van der Waals surface area contributed by atoms with Crippen LogP contribution in [0.1, 0.15) is 32.3 Å². The van der Waals surface area contributed by atoms with Gasteiger partial charge in [-0.25, -0.2) is 0 Å². The van der Waals surface area contributed by atoms with Crippen LogP contribution >= 0.6 is 0 Å². The molecule has 0 aromatic heterocycles. The van der Waals surface area contributed by atoms with Crippen LogP contribution < -0.4 is 10.5 Å². The van der Waals surface area contributed by atoms with Crippen molar-refractivity contribution in [2.45, 2.75) is 45.3 Å². The summed E-state index contributed by atoms with van der Waals surface area (Å²) in [6.07, 6.45) is 1.84. The zero-order chi connectivity index (χ0) is 14.0. The van der Waals surface area contributed by atoms with E-state index in [4.69, 9.17) is 5.73 Å². The Kier molecular flexibility index (Phi) is 4.13. The third-order valence-electron chi connectivity index (χ3n) is 3.03. The number of nitrogen functional groups attached to an aromatic ring is 1. The SMILES string of the molecule is CC(C)NS(=O)(=O)N(Cc1ccccc1N)C1CC1. The molecule has 1 aliphatic rings. The summed E-state index contributed by atoms with van der Waals surface area (Å²) < 4.78 is 28.8. The van der Waals surface area contributed by atoms with Crippen molar-refractivity contribution >= 4 is 15.9 Å². The fourth-order valence-corrected chi connectivity index (χ4v) is 3.63. The summed E-state index contributed by atoms with van der Waals surface area (Å²) in [6.45, 7) is 3.97. The summed E-state index contributed by atoms with van der Waals surface area (Å²) in [7, 11) is -3.45. The highest BCUT2D eigenvalue weighted by atomic mass is 32.2. The fraction of sp³-hybridized carbons (Fsp3) is 0.538. The van der Waals surface area contributed by atoms with E-state index in [0.717, 1.165) is 18.4 Å². The Bertz CT molecular complexity index is 539. The number of nitrogens with zero attached hydrogens (tertiary/aromatic N) is 1. The van der Waals surface area contributed by atoms with E-state index in [1.54, 1.807) is 6.07 Å². The van der Waals surface area contributed by atoms with Gasteiger partial charge in [0.15, 0.2) is 0 Å². The number of hydrogen-bond donors (Lipinski definition) is 2. The molecule has 3 N–H and O–H groups in total. The first-order valence-electron chi connectivity index (χ1n) is 6.52. The quantitative estimate of drug-likeness (QED) is 0.776. The largest absolute Gasteiger partial charge is 0.398 e. The lowest BCUT2D eigenvalue weighted by molar-refractivity contribution is 0.387. The Morgan fingerprint density at radius 3 is 2.53 bits per heavy atom. The molecule has 0 amide bonds. The molecule has 1 aliphatic carbocycles. The highest BCUT2D eigenvalue weighted by Gasteiger charge is 2.37. The first-order valence-corrected chi connectivity index (χ1v) is 7.96. The smallest absolute Gasteiger partial charge is 0.280 e. The van der Waals surface area contributed by atoms with Crippen LogP contribution in [0.15, 0.2) is 24.3 Å². The second kappa shape index (κ2) is 5.48. The molecule has 0 heterocycles. The molecule has 6 heteroatoms. The Balaban J connectivity index is 2.20. The van der Waals surface area contributed by atoms with Crippen molar-refractivity contribution in [1.82, 2.24) is 9.03 Å². The molecule has 1 fully saturated rings. The van der Waals surface area contributed by atoms with E-state index in [1.165, 1.54) is 4.31 Å². The maximum atomic E-state index is 12.3. The second-order valence-electron chi connectivity index (χ2n) is 5.25. The van der Waals surface area contributed by atoms with Gasteiger partial charge in [0, 0.05) is 24.3 Å². The van der Waals surface area contributed by atoms with Crippen molar-refractivity contribution in [1.29, 1.82) is 0 Å². The number of hydrogen-bond acceptors (Lipinski definition) is 3. The van der Waals surface area contributed by atoms with Gasteiger partial charge >= 0.3 is 0 Å². The van der Waals surface area contributed by atoms with Gasteiger partial charge in [0.05, 0.1) is 0 Å². The summed E-state index contributed by atoms with van der Waals surface area (Å²) in [4.78, 5) is 0. The molecule has 1 saturated carbocycles. The first kappa shape index (κ1) is 14.3. The van der Waals surface area contributed by atoms with Crippen molar-refractivity contribution in [2.75, 3.05) is 5.73 Å². The molecule has 5 nitrogen and oxygen atoms in total. The lowest BCUT2D eigenvalue weighted by Crippen LogP contribution is -2.44. The normalized spacial score (nSPS) is 16.2. The zero-order valence-electron chi connectivity index (χ0n) is 11.3. The molecule has 0 saturated heterocycles. The minimum absolute atomic E-state index is 0.107. The van der Waals surface area contributed by atoms with Crippen molar-refractivity contribution < 1.29 is 8.42 Å². The Morgan fingerprint density at radius 2 is 2.00 bits per heavy atom. The molecule has 0 radical (unpaired) electrons. The van der Waals surface area contributed by atoms with Gasteiger partial charge < -0.3 is 5.73 Å². The van der Waals surface area contributed by atoms with Gasteiger partial charge in [-0.05, 0) is 38.3 Å². The molecule has 2 rings (SSSR count). The fourth-order valence-electron chi connectivity index (χ4n) is 1.98. The van der Waals surface area contributed by atoms with Crippen LogP contribution in [0.5, 0.6) is 0 Å². The second-order valence-corrected chi connectivity index (χ2v) is 6.91. The average Bonchev–Trinajstić information content (AvgIpc) is 3.09. The number of rotatable bonds is 6. The predicted octanol–water partition coefficient (Wildman–Crippen LogP) is 1.48. The molecule has 0 spiro atoms. The van der Waals surface area contributed by atoms with Crippen LogP contribution in [0.4, 0.5) is 5.69 Å². The van der Waals surface area contributed by atoms with Crippen LogP contribution in [0.2, 0.25) is 0 Å². The number of para-hydroxylation sites is 1. The first-order chi connectivity index (χ1) is 8.90. The molecule has 19 heavy (non-hydrogen) atoms. The predicted molar refractivity (Wildman–Crippen MR) is 76.6 cm³/mol. The van der Waals surface area contributed by atoms with Gasteiger partial charge in [0.25, 0.3) is 10.2 Å². The van der Waals surface area contributed by atoms with Crippen molar-refractivity contribution in [2.24, 2.45) is 0 Å². The van der Waals surface area contributed by atoms with Gasteiger partial charge in [-0.1, -0.05) is 18.2 Å². The van der Waals surface area contributed by atoms with E-state index in [2.05, 4.69) is 4.72 Å². The topological polar surface area (TPSA) is 75.4 Å². The van der Waals surface area contributed by atoms with E-state index in [1.807, 2.05) is 32.0 Å². The molecular formula is C13H21N3O2S. The van der Waals surface area contributed by atoms with Crippen molar-refractivity contribution in [3.63, 3.8) is 0 Å². The molecule has 1 aromatic rings. The molecular weight excluding hydrogens is 262 g/mol. The number of anilines is 1. The third-order valence-corrected chi connectivity index (χ3v) is 4.84. The van der Waals surface area contributed by atoms with Gasteiger partial charge in [-0.2, -0.15) is 17.4 Å². The van der Waals surface area contributed by atoms with E-state index in [-0.39, 0.29) is 12.1 Å². The van der Waals surface area contributed by atoms with Gasteiger partial charge in [-0.15, -0.1) is 0 Å². The molecule has 106 valence electrons. The van der Waals surface area contributed by atoms with Gasteiger partial charge in [-0.3, -0.25) is 0 Å². The lowest BCUT2D eigenvalue weighted by atomic mass is 10.2. The standard InChI is InChI=1S/C13H21N3O2S/c1-10(2)15-19(17,18)16(12-7-8-12)9-11-5-3-4-6-13(11)14/h3-6,10,12,15H,7-9,14H2,1-2H3. The van der Waals surface area contributed by atoms with Crippen LogP contribution in [-0.4, -0.2) is 24.8 Å². The van der Waals surface area contributed by atoms with Crippen molar-refractivity contribution in [3.8, 4) is 0 Å². The van der Waals surface area contributed by atoms with Crippen LogP contribution in [0.3, 0.4) is 0 Å². The maximum Gasteiger partial charge on any atom is 0.280 e. The van der Waals surface area contributed by atoms with Gasteiger partial charge in [0.1, 0.15) is 0 Å². The average molecular weight is 283 g/mol. The summed E-state index contributed by atoms with van der Waals surface area (Å²) in [5.74, 6) is 0. The number of nitrogens with one attached hydrogen (secondary N) is 1. The van der Waals surface area contributed by atoms with Crippen LogP contribution in [0, 0.1) is 0 Å². The number of nitrogens with two attached hydrogens (primary N) is 1. The Hall–Kier alpha value is -1.11. The summed E-state index contributed by atoms with van der Waals surface area (Å²) in [5, 5.41) is 0. The molecule has 0 atom stereocenters. The van der Waals surface area contributed by atoms with Crippen LogP contribution in [0.25, 0.3) is 0 Å². The summed E-state index contributed by atoms with van der Waals surface area (Å²) in [5.41, 5.74) is 7.37. The zero-order valence-corrected chi connectivity index (χ0v) is 12.2. The Labute approximate surface area is 115 Å². The van der Waals surface area contributed by atoms with Crippen molar-refractivity contribution in [3.05, 3.63) is 29.8 Å². The minimum atomic E-state index is -3.45. The maximum absolute atomic E-state index is 12.3. The monoisotopic (exact) mass is 283 g/mol. The minimum Gasteiger partial charge on any atom is -0.398 e. The Morgan fingerprint density at radius 1 is 1.37 bits per heavy atom. The van der Waals surface area contributed by atoms with E-state index < -0.39 is 10.2 Å². The lowest BCUT2D eigenvalue weighted by Gasteiger charge is -2.24. The van der Waals surface area contributed by atoms with Crippen LogP contribution in [-0.2, 0) is 16.8 Å². The highest BCUT2D eigenvalue weighted by Crippen LogP contribution is 2.31. The summed E-state index contributed by atoms with van der Waals surface area (Å²) in [6, 6.07) is 7.38. The third kappa shape index (κ3) is 3.68. The van der Waals surface area contributed by atoms with Gasteiger partial charge in [0.2, 0.25) is 0 Å². The molecule has 0 aliphatic heterocycles. The van der Waals surface area contributed by atoms with E-state index >= 15 is 0 Å². The highest BCUT2D eigenvalue weighted by molar-refractivity contribution is 7.87. The van der Waals surface area contributed by atoms with E-state index in [9.17, 15) is 8.42 Å². The number of benzene rings is 1. The molecule has 0 unspecified atom stereocenters.